The summed E-state index contributed by atoms with van der Waals surface area (Å²) in [7, 11) is 0. The van der Waals surface area contributed by atoms with Crippen molar-refractivity contribution in [1.82, 2.24) is 26.2 Å². The molecule has 3 aliphatic heterocycles. The number of nitrogens with zero attached hydrogens (tertiary/aromatic N) is 3. The van der Waals surface area contributed by atoms with E-state index < -0.39 is 0 Å². The molecular formula is C27H33FN6O2. The summed E-state index contributed by atoms with van der Waals surface area (Å²) in [6.45, 7) is 4.84. The molecule has 5 unspecified atom stereocenters. The Labute approximate surface area is 210 Å². The number of fused-ring (bicyclic) bond motifs is 3. The number of hydrogen-bond donors (Lipinski definition) is 3. The minimum atomic E-state index is -0.241. The largest absolute Gasteiger partial charge is 0.368 e. The third-order valence-corrected chi connectivity index (χ3v) is 8.30. The van der Waals surface area contributed by atoms with Gasteiger partial charge in [0.15, 0.2) is 0 Å². The number of rotatable bonds is 3. The van der Waals surface area contributed by atoms with Crippen LogP contribution in [-0.4, -0.2) is 60.1 Å². The zero-order valence-corrected chi connectivity index (χ0v) is 20.5. The summed E-state index contributed by atoms with van der Waals surface area (Å²) in [5.41, 5.74) is 9.97. The van der Waals surface area contributed by atoms with Crippen molar-refractivity contribution >= 4 is 17.5 Å². The number of anilines is 1. The maximum absolute atomic E-state index is 13.5. The molecule has 190 valence electrons. The molecule has 4 fully saturated rings. The Morgan fingerprint density at radius 3 is 2.56 bits per heavy atom. The number of hydrazine groups is 2. The zero-order valence-electron chi connectivity index (χ0n) is 20.5. The van der Waals surface area contributed by atoms with Gasteiger partial charge < -0.3 is 15.1 Å². The Morgan fingerprint density at radius 1 is 1.03 bits per heavy atom. The predicted octanol–water partition coefficient (Wildman–Crippen LogP) is 2.09. The van der Waals surface area contributed by atoms with Crippen molar-refractivity contribution in [3.05, 3.63) is 65.5 Å². The van der Waals surface area contributed by atoms with Crippen LogP contribution in [-0.2, 0) is 9.59 Å². The van der Waals surface area contributed by atoms with E-state index >= 15 is 0 Å². The molecule has 1 saturated carbocycles. The molecule has 8 nitrogen and oxygen atoms in total. The Balaban J connectivity index is 1.11. The molecule has 3 N–H and O–H groups in total. The molecule has 0 radical (unpaired) electrons. The van der Waals surface area contributed by atoms with Crippen LogP contribution in [0.2, 0.25) is 0 Å². The number of aryl methyl sites for hydroxylation is 1. The Morgan fingerprint density at radius 2 is 1.81 bits per heavy atom. The third-order valence-electron chi connectivity index (χ3n) is 8.30. The van der Waals surface area contributed by atoms with Crippen LogP contribution in [0.4, 0.5) is 10.1 Å². The third kappa shape index (κ3) is 4.25. The Bertz CT molecular complexity index is 1140. The van der Waals surface area contributed by atoms with Gasteiger partial charge in [0, 0.05) is 43.8 Å². The van der Waals surface area contributed by atoms with E-state index in [0.29, 0.717) is 25.9 Å². The first-order valence-electron chi connectivity index (χ1n) is 12.9. The quantitative estimate of drug-likeness (QED) is 0.609. The highest BCUT2D eigenvalue weighted by Gasteiger charge is 2.51. The molecule has 6 rings (SSSR count). The fraction of sp³-hybridized carbons (Fsp3) is 0.481. The SMILES string of the molecule is Cc1cccc(C2NNN3C4CC(C(=O)N5CCN(c6ccc(F)cc6)CC5)CCC4C(=O)NC23)c1. The van der Waals surface area contributed by atoms with Crippen LogP contribution in [0.15, 0.2) is 48.5 Å². The molecule has 5 atom stereocenters. The summed E-state index contributed by atoms with van der Waals surface area (Å²) < 4.78 is 13.3. The normalized spacial score (nSPS) is 30.5. The average molecular weight is 493 g/mol. The molecule has 0 aromatic heterocycles. The molecule has 2 aromatic carbocycles. The summed E-state index contributed by atoms with van der Waals surface area (Å²) >= 11 is 0. The van der Waals surface area contributed by atoms with Crippen LogP contribution >= 0.6 is 0 Å². The topological polar surface area (TPSA) is 80.0 Å². The van der Waals surface area contributed by atoms with E-state index in [-0.39, 0.29) is 47.7 Å². The van der Waals surface area contributed by atoms with Crippen molar-refractivity contribution in [2.75, 3.05) is 31.1 Å². The van der Waals surface area contributed by atoms with E-state index in [9.17, 15) is 14.0 Å². The molecule has 0 bridgehead atoms. The first-order valence-corrected chi connectivity index (χ1v) is 12.9. The Kier molecular flexibility index (Phi) is 6.15. The maximum atomic E-state index is 13.5. The van der Waals surface area contributed by atoms with E-state index in [4.69, 9.17) is 0 Å². The molecule has 2 amide bonds. The summed E-state index contributed by atoms with van der Waals surface area (Å²) in [6, 6.07) is 14.8. The molecule has 9 heteroatoms. The molecule has 3 saturated heterocycles. The van der Waals surface area contributed by atoms with E-state index in [0.717, 1.165) is 30.8 Å². The summed E-state index contributed by atoms with van der Waals surface area (Å²) in [5.74, 6) is -0.170. The van der Waals surface area contributed by atoms with Gasteiger partial charge in [-0.1, -0.05) is 29.8 Å². The lowest BCUT2D eigenvalue weighted by atomic mass is 9.75. The van der Waals surface area contributed by atoms with Gasteiger partial charge in [0.1, 0.15) is 12.0 Å². The lowest BCUT2D eigenvalue weighted by Crippen LogP contribution is -2.66. The number of halogens is 1. The number of carbonyl (C=O) groups excluding carboxylic acids is 2. The van der Waals surface area contributed by atoms with Crippen molar-refractivity contribution in [3.63, 3.8) is 0 Å². The highest BCUT2D eigenvalue weighted by atomic mass is 19.1. The molecule has 2 aromatic rings. The fourth-order valence-electron chi connectivity index (χ4n) is 6.36. The van der Waals surface area contributed by atoms with E-state index in [1.807, 2.05) is 11.0 Å². The first kappa shape index (κ1) is 23.4. The minimum Gasteiger partial charge on any atom is -0.368 e. The van der Waals surface area contributed by atoms with Gasteiger partial charge in [-0.05, 0) is 56.0 Å². The summed E-state index contributed by atoms with van der Waals surface area (Å²) in [6.07, 6.45) is 1.91. The van der Waals surface area contributed by atoms with Gasteiger partial charge in [0.05, 0.1) is 12.0 Å². The van der Waals surface area contributed by atoms with E-state index in [1.54, 1.807) is 12.1 Å². The molecule has 1 aliphatic carbocycles. The number of amides is 2. The van der Waals surface area contributed by atoms with Crippen LogP contribution in [0.5, 0.6) is 0 Å². The standard InChI is InChI=1S/C27H33FN6O2/c1-17-3-2-4-18(15-17)24-25-29-26(35)22-10-5-19(16-23(22)34(25)31-30-24)27(36)33-13-11-32(12-14-33)21-8-6-20(28)7-9-21/h2-4,6-9,15,19,22-25,30-31H,5,10-14,16H2,1H3,(H,29,35). The van der Waals surface area contributed by atoms with Crippen molar-refractivity contribution in [2.24, 2.45) is 11.8 Å². The van der Waals surface area contributed by atoms with Crippen molar-refractivity contribution < 1.29 is 14.0 Å². The van der Waals surface area contributed by atoms with E-state index in [1.165, 1.54) is 17.7 Å². The number of nitrogens with one attached hydrogen (secondary N) is 3. The molecule has 0 spiro atoms. The fourth-order valence-corrected chi connectivity index (χ4v) is 6.36. The smallest absolute Gasteiger partial charge is 0.226 e. The summed E-state index contributed by atoms with van der Waals surface area (Å²) in [4.78, 5) is 30.7. The van der Waals surface area contributed by atoms with Crippen molar-refractivity contribution in [2.45, 2.75) is 44.4 Å². The van der Waals surface area contributed by atoms with E-state index in [2.05, 4.69) is 51.3 Å². The van der Waals surface area contributed by atoms with Gasteiger partial charge in [-0.15, -0.1) is 0 Å². The second-order valence-electron chi connectivity index (χ2n) is 10.5. The lowest BCUT2D eigenvalue weighted by Gasteiger charge is -2.47. The van der Waals surface area contributed by atoms with Crippen LogP contribution in [0.25, 0.3) is 0 Å². The molecular weight excluding hydrogens is 459 g/mol. The van der Waals surface area contributed by atoms with Gasteiger partial charge >= 0.3 is 0 Å². The number of carbonyl (C=O) groups is 2. The second-order valence-corrected chi connectivity index (χ2v) is 10.5. The highest BCUT2D eigenvalue weighted by molar-refractivity contribution is 5.83. The van der Waals surface area contributed by atoms with Gasteiger partial charge in [0.25, 0.3) is 0 Å². The zero-order chi connectivity index (χ0) is 24.8. The van der Waals surface area contributed by atoms with Gasteiger partial charge in [-0.25, -0.2) is 14.8 Å². The first-order chi connectivity index (χ1) is 17.5. The number of benzene rings is 2. The lowest BCUT2D eigenvalue weighted by molar-refractivity contribution is -0.147. The second kappa shape index (κ2) is 9.46. The van der Waals surface area contributed by atoms with Crippen molar-refractivity contribution in [3.8, 4) is 0 Å². The van der Waals surface area contributed by atoms with Crippen LogP contribution in [0.1, 0.15) is 36.4 Å². The van der Waals surface area contributed by atoms with Crippen LogP contribution < -0.4 is 21.2 Å². The monoisotopic (exact) mass is 492 g/mol. The number of piperazine rings is 1. The van der Waals surface area contributed by atoms with Gasteiger partial charge in [-0.3, -0.25) is 9.59 Å². The molecule has 4 aliphatic rings. The van der Waals surface area contributed by atoms with Crippen LogP contribution in [0.3, 0.4) is 0 Å². The predicted molar refractivity (Wildman–Crippen MR) is 134 cm³/mol. The average Bonchev–Trinajstić information content (AvgIpc) is 3.33. The number of hydrogen-bond acceptors (Lipinski definition) is 6. The molecule has 3 heterocycles. The van der Waals surface area contributed by atoms with Crippen molar-refractivity contribution in [1.29, 1.82) is 0 Å². The van der Waals surface area contributed by atoms with Gasteiger partial charge in [0.2, 0.25) is 11.8 Å². The molecule has 36 heavy (non-hydrogen) atoms. The minimum absolute atomic E-state index is 0.0331. The highest BCUT2D eigenvalue weighted by Crippen LogP contribution is 2.39. The Hall–Kier alpha value is -3.01. The van der Waals surface area contributed by atoms with Crippen LogP contribution in [0, 0.1) is 24.6 Å². The maximum Gasteiger partial charge on any atom is 0.226 e. The van der Waals surface area contributed by atoms with Gasteiger partial charge in [-0.2, -0.15) is 5.53 Å². The summed E-state index contributed by atoms with van der Waals surface area (Å²) in [5, 5.41) is 5.34.